The van der Waals surface area contributed by atoms with Crippen molar-refractivity contribution in [3.8, 4) is 0 Å². The smallest absolute Gasteiger partial charge is 0.0814 e. The zero-order chi connectivity index (χ0) is 10.4. The molecule has 0 radical (unpaired) electrons. The second-order valence-corrected chi connectivity index (χ2v) is 6.04. The highest BCUT2D eigenvalue weighted by Crippen LogP contribution is 2.47. The number of nitrogens with one attached hydrogen (secondary N) is 1. The van der Waals surface area contributed by atoms with E-state index in [0.717, 1.165) is 19.0 Å². The summed E-state index contributed by atoms with van der Waals surface area (Å²) in [4.78, 5) is 0. The maximum atomic E-state index is 6.56. The Labute approximate surface area is 92.8 Å². The first-order valence-electron chi connectivity index (χ1n) is 6.63. The molecule has 3 rings (SSSR count). The van der Waals surface area contributed by atoms with E-state index in [-0.39, 0.29) is 11.2 Å². The van der Waals surface area contributed by atoms with Crippen molar-refractivity contribution < 1.29 is 4.74 Å². The number of ether oxygens (including phenoxy) is 1. The van der Waals surface area contributed by atoms with Gasteiger partial charge in [0.25, 0.3) is 0 Å². The van der Waals surface area contributed by atoms with Gasteiger partial charge in [0.15, 0.2) is 0 Å². The summed E-state index contributed by atoms with van der Waals surface area (Å²) in [7, 11) is 0. The zero-order valence-corrected chi connectivity index (χ0v) is 9.85. The lowest BCUT2D eigenvalue weighted by molar-refractivity contribution is -0.192. The fraction of sp³-hybridized carbons (Fsp3) is 1.00. The van der Waals surface area contributed by atoms with E-state index in [9.17, 15) is 0 Å². The molecular formula is C13H23NO. The average Bonchev–Trinajstić information content (AvgIpc) is 3.01. The van der Waals surface area contributed by atoms with Crippen LogP contribution >= 0.6 is 0 Å². The van der Waals surface area contributed by atoms with Gasteiger partial charge in [0.1, 0.15) is 0 Å². The van der Waals surface area contributed by atoms with Crippen LogP contribution in [0.1, 0.15) is 51.9 Å². The van der Waals surface area contributed by atoms with Gasteiger partial charge in [0.2, 0.25) is 0 Å². The van der Waals surface area contributed by atoms with Crippen molar-refractivity contribution in [2.75, 3.05) is 13.1 Å². The molecule has 86 valence electrons. The van der Waals surface area contributed by atoms with Crippen molar-refractivity contribution in [1.82, 2.24) is 5.32 Å². The summed E-state index contributed by atoms with van der Waals surface area (Å²) >= 11 is 0. The molecule has 1 unspecified atom stereocenters. The molecule has 2 saturated carbocycles. The maximum Gasteiger partial charge on any atom is 0.0814 e. The molecule has 1 aliphatic heterocycles. The lowest BCUT2D eigenvalue weighted by Crippen LogP contribution is -2.60. The molecule has 15 heavy (non-hydrogen) atoms. The zero-order valence-electron chi connectivity index (χ0n) is 9.85. The van der Waals surface area contributed by atoms with E-state index in [4.69, 9.17) is 4.74 Å². The van der Waals surface area contributed by atoms with Crippen molar-refractivity contribution >= 4 is 0 Å². The minimum atomic E-state index is 0.148. The molecule has 3 fully saturated rings. The first kappa shape index (κ1) is 10.1. The summed E-state index contributed by atoms with van der Waals surface area (Å²) in [5, 5.41) is 3.63. The quantitative estimate of drug-likeness (QED) is 0.716. The van der Waals surface area contributed by atoms with Gasteiger partial charge in [-0.1, -0.05) is 19.3 Å². The molecule has 1 N–H and O–H groups in total. The molecule has 0 aromatic rings. The number of hydrogen-bond donors (Lipinski definition) is 1. The topological polar surface area (TPSA) is 21.3 Å². The maximum absolute atomic E-state index is 6.56. The molecule has 0 amide bonds. The molecule has 1 saturated heterocycles. The molecular weight excluding hydrogens is 186 g/mol. The molecule has 3 aliphatic rings. The van der Waals surface area contributed by atoms with Crippen LogP contribution in [0.4, 0.5) is 0 Å². The van der Waals surface area contributed by atoms with E-state index < -0.39 is 0 Å². The van der Waals surface area contributed by atoms with Crippen LogP contribution in [0.2, 0.25) is 0 Å². The molecule has 1 atom stereocenters. The van der Waals surface area contributed by atoms with E-state index >= 15 is 0 Å². The van der Waals surface area contributed by atoms with Gasteiger partial charge in [-0.25, -0.2) is 0 Å². The van der Waals surface area contributed by atoms with Gasteiger partial charge in [-0.3, -0.25) is 0 Å². The third-order valence-electron chi connectivity index (χ3n) is 4.58. The monoisotopic (exact) mass is 209 g/mol. The van der Waals surface area contributed by atoms with Gasteiger partial charge in [0, 0.05) is 13.1 Å². The van der Waals surface area contributed by atoms with E-state index in [1.165, 1.54) is 44.9 Å². The molecule has 1 heterocycles. The largest absolute Gasteiger partial charge is 0.366 e. The Morgan fingerprint density at radius 3 is 2.47 bits per heavy atom. The minimum absolute atomic E-state index is 0.148. The molecule has 0 aromatic heterocycles. The Morgan fingerprint density at radius 2 is 1.80 bits per heavy atom. The number of morpholine rings is 1. The summed E-state index contributed by atoms with van der Waals surface area (Å²) < 4.78 is 6.56. The summed E-state index contributed by atoms with van der Waals surface area (Å²) in [6, 6.07) is 0. The molecule has 0 aromatic carbocycles. The predicted molar refractivity (Wildman–Crippen MR) is 60.9 cm³/mol. The van der Waals surface area contributed by atoms with E-state index in [1.54, 1.807) is 0 Å². The molecule has 2 heteroatoms. The SMILES string of the molecule is CC1(C2CC2)CNCC2(CCCCC2)O1. The van der Waals surface area contributed by atoms with Gasteiger partial charge >= 0.3 is 0 Å². The highest BCUT2D eigenvalue weighted by Gasteiger charge is 2.50. The molecule has 1 spiro atoms. The van der Waals surface area contributed by atoms with E-state index in [1.807, 2.05) is 0 Å². The van der Waals surface area contributed by atoms with Gasteiger partial charge in [-0.2, -0.15) is 0 Å². The highest BCUT2D eigenvalue weighted by atomic mass is 16.5. The Balaban J connectivity index is 1.74. The normalized spacial score (nSPS) is 40.6. The van der Waals surface area contributed by atoms with Crippen LogP contribution in [0, 0.1) is 5.92 Å². The minimum Gasteiger partial charge on any atom is -0.366 e. The van der Waals surface area contributed by atoms with Crippen LogP contribution in [0.3, 0.4) is 0 Å². The molecule has 2 aliphatic carbocycles. The number of hydrogen-bond acceptors (Lipinski definition) is 2. The van der Waals surface area contributed by atoms with Crippen molar-refractivity contribution in [2.24, 2.45) is 5.92 Å². The number of rotatable bonds is 1. The lowest BCUT2D eigenvalue weighted by atomic mass is 9.81. The van der Waals surface area contributed by atoms with Gasteiger partial charge in [0.05, 0.1) is 11.2 Å². The third-order valence-corrected chi connectivity index (χ3v) is 4.58. The van der Waals surface area contributed by atoms with Crippen LogP contribution in [-0.4, -0.2) is 24.3 Å². The van der Waals surface area contributed by atoms with E-state index in [0.29, 0.717) is 0 Å². The Bertz CT molecular complexity index is 237. The first-order valence-corrected chi connectivity index (χ1v) is 6.63. The lowest BCUT2D eigenvalue weighted by Gasteiger charge is -2.49. The fourth-order valence-corrected chi connectivity index (χ4v) is 3.50. The Hall–Kier alpha value is -0.0800. The molecule has 2 nitrogen and oxygen atoms in total. The first-order chi connectivity index (χ1) is 7.23. The second-order valence-electron chi connectivity index (χ2n) is 6.04. The van der Waals surface area contributed by atoms with Crippen LogP contribution in [0.5, 0.6) is 0 Å². The van der Waals surface area contributed by atoms with Crippen LogP contribution < -0.4 is 5.32 Å². The predicted octanol–water partition coefficient (Wildman–Crippen LogP) is 2.48. The summed E-state index contributed by atoms with van der Waals surface area (Å²) in [5.74, 6) is 0.837. The second kappa shape index (κ2) is 3.46. The summed E-state index contributed by atoms with van der Waals surface area (Å²) in [6.07, 6.45) is 9.46. The fourth-order valence-electron chi connectivity index (χ4n) is 3.50. The van der Waals surface area contributed by atoms with Crippen molar-refractivity contribution in [2.45, 2.75) is 63.1 Å². The van der Waals surface area contributed by atoms with Crippen molar-refractivity contribution in [3.05, 3.63) is 0 Å². The van der Waals surface area contributed by atoms with Crippen molar-refractivity contribution in [3.63, 3.8) is 0 Å². The van der Waals surface area contributed by atoms with Gasteiger partial charge < -0.3 is 10.1 Å². The van der Waals surface area contributed by atoms with Crippen LogP contribution in [-0.2, 0) is 4.74 Å². The summed E-state index contributed by atoms with van der Waals surface area (Å²) in [6.45, 7) is 4.49. The van der Waals surface area contributed by atoms with Gasteiger partial charge in [-0.05, 0) is 38.5 Å². The average molecular weight is 209 g/mol. The standard InChI is InChI=1S/C13H23NO/c1-12(11-5-6-11)9-14-10-13(15-12)7-3-2-4-8-13/h11,14H,2-10H2,1H3. The Kier molecular flexibility index (Phi) is 2.33. The summed E-state index contributed by atoms with van der Waals surface area (Å²) in [5.41, 5.74) is 0.351. The molecule has 0 bridgehead atoms. The van der Waals surface area contributed by atoms with E-state index in [2.05, 4.69) is 12.2 Å². The van der Waals surface area contributed by atoms with Crippen LogP contribution in [0.15, 0.2) is 0 Å². The third kappa shape index (κ3) is 1.83. The van der Waals surface area contributed by atoms with Crippen LogP contribution in [0.25, 0.3) is 0 Å². The highest BCUT2D eigenvalue weighted by molar-refractivity contribution is 5.02. The van der Waals surface area contributed by atoms with Gasteiger partial charge in [-0.15, -0.1) is 0 Å². The van der Waals surface area contributed by atoms with Crippen molar-refractivity contribution in [1.29, 1.82) is 0 Å². The Morgan fingerprint density at radius 1 is 1.07 bits per heavy atom.